The molecule has 20 heavy (non-hydrogen) atoms. The van der Waals surface area contributed by atoms with E-state index in [4.69, 9.17) is 4.74 Å². The monoisotopic (exact) mass is 273 g/mol. The first-order chi connectivity index (χ1) is 9.52. The minimum absolute atomic E-state index is 0.0484. The Hall–Kier alpha value is -1.35. The van der Waals surface area contributed by atoms with Crippen LogP contribution in [-0.2, 0) is 4.74 Å². The maximum atomic E-state index is 12.3. The second-order valence-electron chi connectivity index (χ2n) is 6.78. The van der Waals surface area contributed by atoms with Crippen LogP contribution in [0.1, 0.15) is 48.5 Å². The Morgan fingerprint density at radius 2 is 1.90 bits per heavy atom. The molecule has 1 aliphatic carbocycles. The zero-order chi connectivity index (χ0) is 14.2. The molecule has 1 N–H and O–H groups in total. The molecular formula is C17H23NO2. The van der Waals surface area contributed by atoms with Crippen molar-refractivity contribution in [2.75, 3.05) is 13.2 Å². The number of ether oxygens (including phenoxy) is 1. The second kappa shape index (κ2) is 4.88. The van der Waals surface area contributed by atoms with Crippen LogP contribution in [0.5, 0.6) is 0 Å². The Balaban J connectivity index is 1.56. The smallest absolute Gasteiger partial charge is 0.251 e. The van der Waals surface area contributed by atoms with Gasteiger partial charge >= 0.3 is 0 Å². The van der Waals surface area contributed by atoms with Gasteiger partial charge in [-0.25, -0.2) is 0 Å². The number of nitrogens with one attached hydrogen (secondary N) is 1. The number of carbonyl (C=O) groups is 1. The molecule has 1 aromatic rings. The van der Waals surface area contributed by atoms with Crippen LogP contribution in [0.25, 0.3) is 0 Å². The number of epoxide rings is 1. The van der Waals surface area contributed by atoms with E-state index in [1.54, 1.807) is 0 Å². The summed E-state index contributed by atoms with van der Waals surface area (Å²) in [6.45, 7) is 5.96. The minimum Gasteiger partial charge on any atom is -0.370 e. The van der Waals surface area contributed by atoms with Crippen LogP contribution in [0.15, 0.2) is 24.3 Å². The molecule has 2 aliphatic rings. The normalized spacial score (nSPS) is 32.1. The van der Waals surface area contributed by atoms with Gasteiger partial charge < -0.3 is 10.1 Å². The molecule has 108 valence electrons. The lowest BCUT2D eigenvalue weighted by molar-refractivity contribution is 0.0889. The fourth-order valence-corrected chi connectivity index (χ4v) is 3.09. The average molecular weight is 273 g/mol. The van der Waals surface area contributed by atoms with Gasteiger partial charge in [0.1, 0.15) is 0 Å². The maximum absolute atomic E-state index is 12.3. The van der Waals surface area contributed by atoms with E-state index < -0.39 is 0 Å². The van der Waals surface area contributed by atoms with Crippen LogP contribution >= 0.6 is 0 Å². The van der Waals surface area contributed by atoms with E-state index in [9.17, 15) is 4.79 Å². The van der Waals surface area contributed by atoms with E-state index in [-0.39, 0.29) is 16.9 Å². The van der Waals surface area contributed by atoms with Gasteiger partial charge in [0.15, 0.2) is 0 Å². The van der Waals surface area contributed by atoms with Crippen LogP contribution in [0.3, 0.4) is 0 Å². The van der Waals surface area contributed by atoms with E-state index in [1.807, 2.05) is 31.2 Å². The molecule has 1 heterocycles. The first-order valence-electron chi connectivity index (χ1n) is 7.50. The molecule has 3 nitrogen and oxygen atoms in total. The van der Waals surface area contributed by atoms with Crippen LogP contribution in [-0.4, -0.2) is 24.7 Å². The summed E-state index contributed by atoms with van der Waals surface area (Å²) in [6.07, 6.45) is 4.57. The molecule has 0 unspecified atom stereocenters. The van der Waals surface area contributed by atoms with Crippen molar-refractivity contribution in [2.45, 2.75) is 45.1 Å². The molecule has 1 aromatic carbocycles. The Bertz CT molecular complexity index is 509. The Labute approximate surface area is 120 Å². The van der Waals surface area contributed by atoms with Gasteiger partial charge in [0.05, 0.1) is 12.2 Å². The number of hydrogen-bond acceptors (Lipinski definition) is 2. The number of carbonyl (C=O) groups excluding carboxylic acids is 1. The number of aryl methyl sites for hydroxylation is 1. The van der Waals surface area contributed by atoms with Crippen molar-refractivity contribution in [1.29, 1.82) is 0 Å². The summed E-state index contributed by atoms with van der Waals surface area (Å²) in [5.41, 5.74) is 2.26. The molecule has 3 heteroatoms. The summed E-state index contributed by atoms with van der Waals surface area (Å²) in [5.74, 6) is 0.0484. The number of benzene rings is 1. The molecule has 1 saturated carbocycles. The van der Waals surface area contributed by atoms with Crippen molar-refractivity contribution in [1.82, 2.24) is 5.32 Å². The van der Waals surface area contributed by atoms with E-state index in [2.05, 4.69) is 12.2 Å². The summed E-state index contributed by atoms with van der Waals surface area (Å²) in [4.78, 5) is 12.3. The Kier molecular flexibility index (Phi) is 3.33. The maximum Gasteiger partial charge on any atom is 0.251 e. The molecule has 0 bridgehead atoms. The molecule has 1 aliphatic heterocycles. The van der Waals surface area contributed by atoms with Crippen LogP contribution < -0.4 is 5.32 Å². The molecule has 0 aromatic heterocycles. The van der Waals surface area contributed by atoms with Crippen molar-refractivity contribution in [3.63, 3.8) is 0 Å². The third kappa shape index (κ3) is 2.73. The standard InChI is InChI=1S/C17H23NO2/c1-13-5-3-4-6-14(13)15(19)18-11-16(2)7-9-17(10-8-16)12-20-17/h3-6H,7-12H2,1-2H3,(H,18,19). The van der Waals surface area contributed by atoms with Crippen molar-refractivity contribution >= 4 is 5.91 Å². The van der Waals surface area contributed by atoms with Crippen molar-refractivity contribution in [3.05, 3.63) is 35.4 Å². The van der Waals surface area contributed by atoms with Gasteiger partial charge in [-0.05, 0) is 49.7 Å². The zero-order valence-corrected chi connectivity index (χ0v) is 12.4. The summed E-state index contributed by atoms with van der Waals surface area (Å²) in [6, 6.07) is 7.74. The lowest BCUT2D eigenvalue weighted by atomic mass is 9.71. The SMILES string of the molecule is Cc1ccccc1C(=O)NCC1(C)CCC2(CC1)CO2. The molecular weight excluding hydrogens is 250 g/mol. The molecule has 1 saturated heterocycles. The molecule has 3 rings (SSSR count). The second-order valence-corrected chi connectivity index (χ2v) is 6.78. The van der Waals surface area contributed by atoms with Crippen LogP contribution in [0.4, 0.5) is 0 Å². The fraction of sp³-hybridized carbons (Fsp3) is 0.588. The molecule has 0 radical (unpaired) electrons. The highest BCUT2D eigenvalue weighted by molar-refractivity contribution is 5.95. The molecule has 1 amide bonds. The minimum atomic E-state index is 0.0484. The average Bonchev–Trinajstić information content (AvgIpc) is 3.21. The van der Waals surface area contributed by atoms with E-state index >= 15 is 0 Å². The highest BCUT2D eigenvalue weighted by Gasteiger charge is 2.49. The Morgan fingerprint density at radius 3 is 2.50 bits per heavy atom. The van der Waals surface area contributed by atoms with Crippen molar-refractivity contribution < 1.29 is 9.53 Å². The van der Waals surface area contributed by atoms with Crippen molar-refractivity contribution in [2.24, 2.45) is 5.41 Å². The van der Waals surface area contributed by atoms with Crippen LogP contribution in [0.2, 0.25) is 0 Å². The lowest BCUT2D eigenvalue weighted by Gasteiger charge is -2.36. The topological polar surface area (TPSA) is 41.6 Å². The van der Waals surface area contributed by atoms with Gasteiger partial charge in [0.2, 0.25) is 0 Å². The number of hydrogen-bond donors (Lipinski definition) is 1. The molecule has 2 fully saturated rings. The lowest BCUT2D eigenvalue weighted by Crippen LogP contribution is -2.40. The zero-order valence-electron chi connectivity index (χ0n) is 12.4. The summed E-state index contributed by atoms with van der Waals surface area (Å²) in [7, 11) is 0. The van der Waals surface area contributed by atoms with Gasteiger partial charge in [-0.1, -0.05) is 25.1 Å². The highest BCUT2D eigenvalue weighted by Crippen LogP contribution is 2.48. The van der Waals surface area contributed by atoms with Crippen molar-refractivity contribution in [3.8, 4) is 0 Å². The first kappa shape index (κ1) is 13.6. The van der Waals surface area contributed by atoms with Gasteiger partial charge in [0, 0.05) is 12.1 Å². The summed E-state index contributed by atoms with van der Waals surface area (Å²) in [5, 5.41) is 3.12. The van der Waals surface area contributed by atoms with E-state index in [1.165, 1.54) is 0 Å². The fourth-order valence-electron chi connectivity index (χ4n) is 3.09. The summed E-state index contributed by atoms with van der Waals surface area (Å²) < 4.78 is 5.55. The van der Waals surface area contributed by atoms with Gasteiger partial charge in [0.25, 0.3) is 5.91 Å². The predicted octanol–water partition coefficient (Wildman–Crippen LogP) is 3.07. The third-order valence-electron chi connectivity index (χ3n) is 4.99. The van der Waals surface area contributed by atoms with Crippen LogP contribution in [0, 0.1) is 12.3 Å². The Morgan fingerprint density at radius 1 is 1.25 bits per heavy atom. The molecule has 1 spiro atoms. The highest BCUT2D eigenvalue weighted by atomic mass is 16.6. The van der Waals surface area contributed by atoms with Gasteiger partial charge in [-0.3, -0.25) is 4.79 Å². The first-order valence-corrected chi connectivity index (χ1v) is 7.50. The number of rotatable bonds is 3. The van der Waals surface area contributed by atoms with Gasteiger partial charge in [-0.15, -0.1) is 0 Å². The predicted molar refractivity (Wildman–Crippen MR) is 78.8 cm³/mol. The third-order valence-corrected chi connectivity index (χ3v) is 4.99. The summed E-state index contributed by atoms with van der Waals surface area (Å²) >= 11 is 0. The quantitative estimate of drug-likeness (QED) is 0.860. The largest absolute Gasteiger partial charge is 0.370 e. The van der Waals surface area contributed by atoms with E-state index in [0.29, 0.717) is 0 Å². The van der Waals surface area contributed by atoms with Gasteiger partial charge in [-0.2, -0.15) is 0 Å². The number of amides is 1. The van der Waals surface area contributed by atoms with E-state index in [0.717, 1.165) is 50.0 Å². The molecule has 0 atom stereocenters.